The molecule has 0 aliphatic carbocycles. The van der Waals surface area contributed by atoms with Gasteiger partial charge in [-0.15, -0.1) is 0 Å². The van der Waals surface area contributed by atoms with Crippen LogP contribution in [0.2, 0.25) is 0 Å². The summed E-state index contributed by atoms with van der Waals surface area (Å²) in [6.45, 7) is 0. The largest absolute Gasteiger partial charge is 0.456 e. The maximum Gasteiger partial charge on any atom is 0.165 e. The highest BCUT2D eigenvalue weighted by atomic mass is 16.3. The van der Waals surface area contributed by atoms with Crippen LogP contribution < -0.4 is 0 Å². The van der Waals surface area contributed by atoms with Crippen LogP contribution in [0.5, 0.6) is 0 Å². The summed E-state index contributed by atoms with van der Waals surface area (Å²) in [5, 5.41) is 6.97. The van der Waals surface area contributed by atoms with E-state index in [4.69, 9.17) is 14.4 Å². The Morgan fingerprint density at radius 3 is 1.98 bits per heavy atom. The molecule has 214 valence electrons. The van der Waals surface area contributed by atoms with Crippen molar-refractivity contribution in [2.75, 3.05) is 0 Å². The molecule has 0 N–H and O–H groups in total. The van der Waals surface area contributed by atoms with Gasteiger partial charge in [0, 0.05) is 32.5 Å². The van der Waals surface area contributed by atoms with E-state index in [1.807, 2.05) is 36.4 Å². The Kier molecular flexibility index (Phi) is 5.25. The number of furan rings is 1. The molecule has 0 aliphatic rings. The maximum atomic E-state index is 6.36. The summed E-state index contributed by atoms with van der Waals surface area (Å²) in [7, 11) is 0. The highest BCUT2D eigenvalue weighted by Gasteiger charge is 2.23. The lowest BCUT2D eigenvalue weighted by molar-refractivity contribution is 0.669. The topological polar surface area (TPSA) is 43.9 Å². The standard InChI is InChI=1S/C42H25N3O/c1-2-12-26(13-3-1)28-14-4-5-15-29(28)41-42(44-33-19-9-8-18-32(33)43-41)45-34-20-10-6-16-30(34)39-35(45)24-22-27-23-25-37-40(38(27)39)31-17-7-11-21-36(31)46-37/h1-25H. The van der Waals surface area contributed by atoms with Gasteiger partial charge in [0.15, 0.2) is 5.82 Å². The summed E-state index contributed by atoms with van der Waals surface area (Å²) >= 11 is 0. The summed E-state index contributed by atoms with van der Waals surface area (Å²) in [5.41, 5.74) is 9.80. The molecule has 0 aliphatic heterocycles. The van der Waals surface area contributed by atoms with Crippen LogP contribution in [0.1, 0.15) is 0 Å². The van der Waals surface area contributed by atoms with Gasteiger partial charge in [-0.1, -0.05) is 115 Å². The first-order chi connectivity index (χ1) is 22.8. The molecule has 0 fully saturated rings. The van der Waals surface area contributed by atoms with Crippen molar-refractivity contribution in [2.24, 2.45) is 0 Å². The van der Waals surface area contributed by atoms with Gasteiger partial charge in [0.1, 0.15) is 16.9 Å². The Bertz CT molecular complexity index is 2810. The minimum Gasteiger partial charge on any atom is -0.456 e. The third kappa shape index (κ3) is 3.55. The molecule has 3 heterocycles. The van der Waals surface area contributed by atoms with Crippen molar-refractivity contribution in [3.05, 3.63) is 152 Å². The van der Waals surface area contributed by atoms with Crippen molar-refractivity contribution in [3.8, 4) is 28.2 Å². The van der Waals surface area contributed by atoms with E-state index in [0.29, 0.717) is 0 Å². The van der Waals surface area contributed by atoms with Crippen LogP contribution in [0.25, 0.3) is 93.8 Å². The second-order valence-corrected chi connectivity index (χ2v) is 11.7. The molecule has 0 bridgehead atoms. The van der Waals surface area contributed by atoms with Gasteiger partial charge < -0.3 is 4.42 Å². The molecule has 4 heteroatoms. The van der Waals surface area contributed by atoms with Crippen molar-refractivity contribution < 1.29 is 4.42 Å². The van der Waals surface area contributed by atoms with Gasteiger partial charge in [-0.05, 0) is 52.9 Å². The van der Waals surface area contributed by atoms with E-state index in [2.05, 4.69) is 120 Å². The van der Waals surface area contributed by atoms with Crippen molar-refractivity contribution in [1.82, 2.24) is 14.5 Å². The van der Waals surface area contributed by atoms with Crippen LogP contribution in [-0.4, -0.2) is 14.5 Å². The van der Waals surface area contributed by atoms with Crippen LogP contribution in [-0.2, 0) is 0 Å². The SMILES string of the molecule is c1ccc(-c2ccccc2-c2nc3ccccc3nc2-n2c3ccccc3c3c4c(ccc5oc6ccccc6c54)ccc32)cc1. The number of benzene rings is 7. The highest BCUT2D eigenvalue weighted by Crippen LogP contribution is 2.44. The normalized spacial score (nSPS) is 11.9. The van der Waals surface area contributed by atoms with Crippen molar-refractivity contribution in [2.45, 2.75) is 0 Å². The molecule has 4 nitrogen and oxygen atoms in total. The fourth-order valence-corrected chi connectivity index (χ4v) is 7.20. The third-order valence-electron chi connectivity index (χ3n) is 9.19. The van der Waals surface area contributed by atoms with Crippen molar-refractivity contribution in [3.63, 3.8) is 0 Å². The quantitative estimate of drug-likeness (QED) is 0.207. The average Bonchev–Trinajstić information content (AvgIpc) is 3.67. The predicted molar refractivity (Wildman–Crippen MR) is 190 cm³/mol. The third-order valence-corrected chi connectivity index (χ3v) is 9.19. The summed E-state index contributed by atoms with van der Waals surface area (Å²) in [6.07, 6.45) is 0. The van der Waals surface area contributed by atoms with Gasteiger partial charge in [0.2, 0.25) is 0 Å². The average molecular weight is 588 g/mol. The molecule has 10 rings (SSSR count). The molecule has 3 aromatic heterocycles. The lowest BCUT2D eigenvalue weighted by Crippen LogP contribution is -2.04. The molecule has 0 amide bonds. The minimum atomic E-state index is 0.803. The molecule has 0 saturated carbocycles. The fourth-order valence-electron chi connectivity index (χ4n) is 7.20. The zero-order valence-electron chi connectivity index (χ0n) is 24.7. The van der Waals surface area contributed by atoms with Gasteiger partial charge in [0.25, 0.3) is 0 Å². The number of aromatic nitrogens is 3. The highest BCUT2D eigenvalue weighted by molar-refractivity contribution is 6.32. The monoisotopic (exact) mass is 587 g/mol. The summed E-state index contributed by atoms with van der Waals surface area (Å²) < 4.78 is 8.67. The van der Waals surface area contributed by atoms with E-state index in [1.54, 1.807) is 0 Å². The van der Waals surface area contributed by atoms with Crippen LogP contribution in [0.3, 0.4) is 0 Å². The number of hydrogen-bond acceptors (Lipinski definition) is 3. The van der Waals surface area contributed by atoms with Gasteiger partial charge in [-0.2, -0.15) is 0 Å². The molecular weight excluding hydrogens is 562 g/mol. The number of fused-ring (bicyclic) bond motifs is 10. The fraction of sp³-hybridized carbons (Fsp3) is 0. The Hall–Kier alpha value is -6.26. The first-order valence-electron chi connectivity index (χ1n) is 15.5. The molecule has 0 radical (unpaired) electrons. The Labute approximate surface area is 263 Å². The van der Waals surface area contributed by atoms with Crippen LogP contribution in [0.4, 0.5) is 0 Å². The van der Waals surface area contributed by atoms with Crippen LogP contribution in [0, 0.1) is 0 Å². The Morgan fingerprint density at radius 1 is 0.435 bits per heavy atom. The molecule has 0 atom stereocenters. The van der Waals surface area contributed by atoms with Gasteiger partial charge >= 0.3 is 0 Å². The lowest BCUT2D eigenvalue weighted by Gasteiger charge is -2.16. The first kappa shape index (κ1) is 25.1. The van der Waals surface area contributed by atoms with Crippen molar-refractivity contribution in [1.29, 1.82) is 0 Å². The van der Waals surface area contributed by atoms with Gasteiger partial charge in [-0.3, -0.25) is 4.57 Å². The number of hydrogen-bond donors (Lipinski definition) is 0. The smallest absolute Gasteiger partial charge is 0.165 e. The van der Waals surface area contributed by atoms with E-state index < -0.39 is 0 Å². The number of nitrogens with zero attached hydrogens (tertiary/aromatic N) is 3. The summed E-state index contributed by atoms with van der Waals surface area (Å²) in [6, 6.07) is 52.8. The zero-order valence-corrected chi connectivity index (χ0v) is 24.7. The van der Waals surface area contributed by atoms with E-state index in [-0.39, 0.29) is 0 Å². The van der Waals surface area contributed by atoms with E-state index in [0.717, 1.165) is 77.6 Å². The van der Waals surface area contributed by atoms with Crippen LogP contribution in [0.15, 0.2) is 156 Å². The summed E-state index contributed by atoms with van der Waals surface area (Å²) in [4.78, 5) is 10.7. The number of para-hydroxylation sites is 4. The minimum absolute atomic E-state index is 0.803. The predicted octanol–water partition coefficient (Wildman–Crippen LogP) is 11.1. The van der Waals surface area contributed by atoms with E-state index in [9.17, 15) is 0 Å². The van der Waals surface area contributed by atoms with Gasteiger partial charge in [0.05, 0.1) is 22.1 Å². The second kappa shape index (κ2) is 9.62. The molecular formula is C42H25N3O. The molecule has 0 unspecified atom stereocenters. The van der Waals surface area contributed by atoms with Crippen molar-refractivity contribution >= 4 is 65.6 Å². The zero-order chi connectivity index (χ0) is 30.2. The first-order valence-corrected chi connectivity index (χ1v) is 15.5. The molecule has 7 aromatic carbocycles. The van der Waals surface area contributed by atoms with Gasteiger partial charge in [-0.25, -0.2) is 9.97 Å². The summed E-state index contributed by atoms with van der Waals surface area (Å²) in [5.74, 6) is 0.803. The molecule has 10 aromatic rings. The Morgan fingerprint density at radius 2 is 1.11 bits per heavy atom. The molecule has 0 saturated heterocycles. The second-order valence-electron chi connectivity index (χ2n) is 11.7. The maximum absolute atomic E-state index is 6.36. The lowest BCUT2D eigenvalue weighted by atomic mass is 9.97. The Balaban J connectivity index is 1.39. The molecule has 0 spiro atoms. The molecule has 46 heavy (non-hydrogen) atoms. The van der Waals surface area contributed by atoms with E-state index >= 15 is 0 Å². The van der Waals surface area contributed by atoms with E-state index in [1.165, 1.54) is 16.2 Å². The number of rotatable bonds is 3. The van der Waals surface area contributed by atoms with Crippen LogP contribution >= 0.6 is 0 Å².